The topological polar surface area (TPSA) is 114 Å². The summed E-state index contributed by atoms with van der Waals surface area (Å²) >= 11 is 0. The Morgan fingerprint density at radius 1 is 1.22 bits per heavy atom. The molecule has 27 heavy (non-hydrogen) atoms. The van der Waals surface area contributed by atoms with Gasteiger partial charge < -0.3 is 19.5 Å². The molecular weight excluding hydrogens is 369 g/mol. The standard InChI is InChI=1S/C17H28N5O4P/c1-11(2)25-27(23,26-12(3)4)10-24-17(6-7-17)8-14-9-19-22-15(14)20-13(5)21-16(22)18/h9,11-12H,6-8,10H2,1-5H3,(H2,18,20,21). The quantitative estimate of drug-likeness (QED) is 0.642. The van der Waals surface area contributed by atoms with Crippen molar-refractivity contribution in [3.63, 3.8) is 0 Å². The summed E-state index contributed by atoms with van der Waals surface area (Å²) in [5.41, 5.74) is 7.11. The van der Waals surface area contributed by atoms with Gasteiger partial charge in [0, 0.05) is 12.0 Å². The molecule has 9 nitrogen and oxygen atoms in total. The molecule has 0 atom stereocenters. The van der Waals surface area contributed by atoms with Crippen LogP contribution in [0, 0.1) is 6.92 Å². The van der Waals surface area contributed by atoms with Crippen molar-refractivity contribution < 1.29 is 18.3 Å². The van der Waals surface area contributed by atoms with Gasteiger partial charge in [-0.2, -0.15) is 14.6 Å². The van der Waals surface area contributed by atoms with E-state index in [4.69, 9.17) is 19.5 Å². The average molecular weight is 397 g/mol. The number of nitrogen functional groups attached to an aromatic ring is 1. The van der Waals surface area contributed by atoms with Crippen LogP contribution < -0.4 is 5.73 Å². The molecule has 1 aliphatic carbocycles. The molecule has 0 unspecified atom stereocenters. The first-order valence-electron chi connectivity index (χ1n) is 9.18. The van der Waals surface area contributed by atoms with Gasteiger partial charge in [0.15, 0.2) is 5.65 Å². The van der Waals surface area contributed by atoms with Gasteiger partial charge in [0.1, 0.15) is 12.2 Å². The van der Waals surface area contributed by atoms with Gasteiger partial charge in [-0.1, -0.05) is 0 Å². The Kier molecular flexibility index (Phi) is 5.59. The first kappa shape index (κ1) is 20.2. The molecule has 1 saturated carbocycles. The van der Waals surface area contributed by atoms with Gasteiger partial charge in [-0.15, -0.1) is 0 Å². The van der Waals surface area contributed by atoms with Crippen molar-refractivity contribution in [3.05, 3.63) is 17.6 Å². The average Bonchev–Trinajstić information content (AvgIpc) is 3.18. The van der Waals surface area contributed by atoms with Crippen LogP contribution >= 0.6 is 7.60 Å². The van der Waals surface area contributed by atoms with Crippen LogP contribution in [0.15, 0.2) is 6.20 Å². The second-order valence-corrected chi connectivity index (χ2v) is 9.49. The Balaban J connectivity index is 1.73. The number of fused-ring (bicyclic) bond motifs is 1. The number of rotatable bonds is 9. The van der Waals surface area contributed by atoms with E-state index in [1.807, 2.05) is 27.7 Å². The maximum atomic E-state index is 13.0. The lowest BCUT2D eigenvalue weighted by molar-refractivity contribution is 0.0379. The highest BCUT2D eigenvalue weighted by Crippen LogP contribution is 2.54. The molecule has 2 N–H and O–H groups in total. The summed E-state index contributed by atoms with van der Waals surface area (Å²) in [4.78, 5) is 8.56. The molecule has 3 rings (SSSR count). The largest absolute Gasteiger partial charge is 0.368 e. The zero-order valence-electron chi connectivity index (χ0n) is 16.5. The van der Waals surface area contributed by atoms with Crippen molar-refractivity contribution in [2.24, 2.45) is 0 Å². The minimum Gasteiger partial charge on any atom is -0.368 e. The van der Waals surface area contributed by atoms with E-state index >= 15 is 0 Å². The van der Waals surface area contributed by atoms with E-state index in [9.17, 15) is 4.57 Å². The van der Waals surface area contributed by atoms with Gasteiger partial charge in [-0.05, 0) is 47.5 Å². The summed E-state index contributed by atoms with van der Waals surface area (Å²) < 4.78 is 31.7. The molecule has 0 aromatic carbocycles. The van der Waals surface area contributed by atoms with E-state index in [2.05, 4.69) is 15.1 Å². The third-order valence-corrected chi connectivity index (χ3v) is 6.10. The first-order valence-corrected chi connectivity index (χ1v) is 10.9. The Morgan fingerprint density at radius 3 is 2.41 bits per heavy atom. The Morgan fingerprint density at radius 2 is 1.85 bits per heavy atom. The Bertz CT molecular complexity index is 848. The second-order valence-electron chi connectivity index (χ2n) is 7.59. The van der Waals surface area contributed by atoms with Crippen LogP contribution in [0.5, 0.6) is 0 Å². The number of anilines is 1. The van der Waals surface area contributed by atoms with E-state index in [1.165, 1.54) is 4.52 Å². The van der Waals surface area contributed by atoms with Gasteiger partial charge in [-0.3, -0.25) is 4.57 Å². The summed E-state index contributed by atoms with van der Waals surface area (Å²) in [7, 11) is -3.33. The molecule has 2 aromatic rings. The van der Waals surface area contributed by atoms with Crippen molar-refractivity contribution in [3.8, 4) is 0 Å². The van der Waals surface area contributed by atoms with E-state index in [-0.39, 0.29) is 18.6 Å². The Labute approximate surface area is 159 Å². The molecule has 1 fully saturated rings. The third-order valence-electron chi connectivity index (χ3n) is 4.17. The molecule has 0 bridgehead atoms. The number of hydrogen-bond donors (Lipinski definition) is 1. The monoisotopic (exact) mass is 397 g/mol. The third kappa shape index (κ3) is 4.85. The molecule has 0 aliphatic heterocycles. The van der Waals surface area contributed by atoms with E-state index < -0.39 is 13.2 Å². The van der Waals surface area contributed by atoms with Crippen molar-refractivity contribution in [1.82, 2.24) is 19.6 Å². The molecule has 0 radical (unpaired) electrons. The molecule has 150 valence electrons. The number of nitrogens with two attached hydrogens (primary N) is 1. The van der Waals surface area contributed by atoms with Gasteiger partial charge >= 0.3 is 7.60 Å². The number of nitrogens with zero attached hydrogens (tertiary/aromatic N) is 4. The maximum Gasteiger partial charge on any atom is 0.356 e. The highest BCUT2D eigenvalue weighted by molar-refractivity contribution is 7.53. The molecule has 2 heterocycles. The lowest BCUT2D eigenvalue weighted by Crippen LogP contribution is -2.21. The number of hydrogen-bond acceptors (Lipinski definition) is 8. The van der Waals surface area contributed by atoms with E-state index in [0.29, 0.717) is 23.8 Å². The molecule has 0 amide bonds. The summed E-state index contributed by atoms with van der Waals surface area (Å²) in [6.07, 6.45) is 3.58. The summed E-state index contributed by atoms with van der Waals surface area (Å²) in [5, 5.41) is 4.27. The fourth-order valence-corrected chi connectivity index (χ4v) is 4.87. The van der Waals surface area contributed by atoms with Crippen molar-refractivity contribution in [2.75, 3.05) is 12.1 Å². The summed E-state index contributed by atoms with van der Waals surface area (Å²) in [5.74, 6) is 0.891. The predicted octanol–water partition coefficient (Wildman–Crippen LogP) is 3.11. The zero-order valence-corrected chi connectivity index (χ0v) is 17.4. The van der Waals surface area contributed by atoms with Gasteiger partial charge in [0.2, 0.25) is 5.95 Å². The number of ether oxygens (including phenoxy) is 1. The van der Waals surface area contributed by atoms with Crippen LogP contribution in [0.1, 0.15) is 51.9 Å². The van der Waals surface area contributed by atoms with Crippen LogP contribution in [-0.2, 0) is 24.8 Å². The van der Waals surface area contributed by atoms with E-state index in [1.54, 1.807) is 13.1 Å². The van der Waals surface area contributed by atoms with E-state index in [0.717, 1.165) is 18.4 Å². The SMILES string of the molecule is Cc1nc(N)n2ncc(CC3(OCP(=O)(OC(C)C)OC(C)C)CC3)c2n1. The molecular formula is C17H28N5O4P. The smallest absolute Gasteiger partial charge is 0.356 e. The van der Waals surface area contributed by atoms with Gasteiger partial charge in [0.25, 0.3) is 0 Å². The van der Waals surface area contributed by atoms with Gasteiger partial charge in [-0.25, -0.2) is 4.98 Å². The van der Waals surface area contributed by atoms with Crippen LogP contribution in [0.25, 0.3) is 5.65 Å². The highest BCUT2D eigenvalue weighted by atomic mass is 31.2. The van der Waals surface area contributed by atoms with Gasteiger partial charge in [0.05, 0.1) is 24.0 Å². The Hall–Kier alpha value is -1.54. The number of aryl methyl sites for hydroxylation is 1. The fourth-order valence-electron chi connectivity index (χ4n) is 2.98. The summed E-state index contributed by atoms with van der Waals surface area (Å²) in [6.45, 7) is 9.10. The van der Waals surface area contributed by atoms with Crippen molar-refractivity contribution in [2.45, 2.75) is 71.7 Å². The molecule has 0 saturated heterocycles. The normalized spacial score (nSPS) is 16.6. The van der Waals surface area contributed by atoms with Crippen LogP contribution in [-0.4, -0.2) is 43.7 Å². The highest BCUT2D eigenvalue weighted by Gasteiger charge is 2.47. The predicted molar refractivity (Wildman–Crippen MR) is 102 cm³/mol. The summed E-state index contributed by atoms with van der Waals surface area (Å²) in [6, 6.07) is 0. The van der Waals surface area contributed by atoms with Crippen molar-refractivity contribution in [1.29, 1.82) is 0 Å². The molecule has 0 spiro atoms. The molecule has 10 heteroatoms. The maximum absolute atomic E-state index is 13.0. The van der Waals surface area contributed by atoms with Crippen molar-refractivity contribution >= 4 is 19.2 Å². The van der Waals surface area contributed by atoms with Crippen LogP contribution in [0.2, 0.25) is 0 Å². The lowest BCUT2D eigenvalue weighted by atomic mass is 10.1. The van der Waals surface area contributed by atoms with Crippen LogP contribution in [0.4, 0.5) is 5.95 Å². The van der Waals surface area contributed by atoms with Crippen LogP contribution in [0.3, 0.4) is 0 Å². The molecule has 2 aromatic heterocycles. The molecule has 1 aliphatic rings. The fraction of sp³-hybridized carbons (Fsp3) is 0.706. The first-order chi connectivity index (χ1) is 12.6. The lowest BCUT2D eigenvalue weighted by Gasteiger charge is -2.25. The zero-order chi connectivity index (χ0) is 19.8. The second kappa shape index (κ2) is 7.47. The number of aromatic nitrogens is 4. The minimum absolute atomic E-state index is 0.0707. The minimum atomic E-state index is -3.33.